The van der Waals surface area contributed by atoms with Crippen molar-refractivity contribution in [1.29, 1.82) is 5.41 Å². The number of hydrogen-bond donors (Lipinski definition) is 5. The van der Waals surface area contributed by atoms with Crippen LogP contribution in [-0.2, 0) is 21.4 Å². The van der Waals surface area contributed by atoms with Crippen LogP contribution in [0.25, 0.3) is 10.2 Å². The number of aromatic hydroxyl groups is 2. The Morgan fingerprint density at radius 1 is 1.34 bits per heavy atom. The number of fused-ring (bicyclic) bond motifs is 1. The number of nitrogens with two attached hydrogens (primary N) is 1. The maximum Gasteiger partial charge on any atom is 0.250 e. The van der Waals surface area contributed by atoms with E-state index in [1.807, 2.05) is 0 Å². The highest BCUT2D eigenvalue weighted by Crippen LogP contribution is 2.33. The number of aromatic nitrogens is 1. The van der Waals surface area contributed by atoms with Crippen LogP contribution in [-0.4, -0.2) is 52.8 Å². The molecular formula is C19H18ClN5O5S2. The summed E-state index contributed by atoms with van der Waals surface area (Å²) in [5.74, 6) is -1.55. The van der Waals surface area contributed by atoms with Crippen LogP contribution in [0.4, 0.5) is 0 Å². The lowest BCUT2D eigenvalue weighted by atomic mass is 10.1. The second kappa shape index (κ2) is 8.20. The summed E-state index contributed by atoms with van der Waals surface area (Å²) in [6, 6.07) is 6.21. The van der Waals surface area contributed by atoms with Crippen molar-refractivity contribution in [1.82, 2.24) is 14.6 Å². The quantitative estimate of drug-likeness (QED) is 0.197. The molecule has 1 atom stereocenters. The van der Waals surface area contributed by atoms with Gasteiger partial charge in [0.05, 0.1) is 27.9 Å². The molecule has 0 radical (unpaired) electrons. The number of nitrogen functional groups attached to an aromatic ring is 1. The number of benzene rings is 1. The normalized spacial score (nSPS) is 16.7. The van der Waals surface area contributed by atoms with Gasteiger partial charge in [-0.05, 0) is 36.8 Å². The van der Waals surface area contributed by atoms with Crippen LogP contribution in [0.5, 0.6) is 11.5 Å². The highest BCUT2D eigenvalue weighted by molar-refractivity contribution is 7.91. The van der Waals surface area contributed by atoms with E-state index in [1.54, 1.807) is 12.1 Å². The molecule has 1 aliphatic rings. The van der Waals surface area contributed by atoms with Crippen LogP contribution in [0.2, 0.25) is 5.15 Å². The maximum atomic E-state index is 12.8. The van der Waals surface area contributed by atoms with Crippen molar-refractivity contribution in [2.45, 2.75) is 23.2 Å². The number of phenols is 2. The van der Waals surface area contributed by atoms with Gasteiger partial charge in [0.2, 0.25) is 5.91 Å². The van der Waals surface area contributed by atoms with E-state index in [1.165, 1.54) is 23.1 Å². The van der Waals surface area contributed by atoms with Crippen LogP contribution in [0, 0.1) is 5.41 Å². The van der Waals surface area contributed by atoms with Gasteiger partial charge in [-0.2, -0.15) is 4.72 Å². The van der Waals surface area contributed by atoms with Gasteiger partial charge >= 0.3 is 0 Å². The van der Waals surface area contributed by atoms with Crippen LogP contribution in [0.1, 0.15) is 17.5 Å². The number of amidine groups is 1. The summed E-state index contributed by atoms with van der Waals surface area (Å²) in [6.45, 7) is 0.0416. The first-order valence-electron chi connectivity index (χ1n) is 9.32. The first-order valence-corrected chi connectivity index (χ1v) is 12.0. The molecule has 0 spiro atoms. The number of nitrogens with one attached hydrogen (secondary N) is 2. The summed E-state index contributed by atoms with van der Waals surface area (Å²) in [7, 11) is -3.99. The number of rotatable bonds is 6. The number of likely N-dealkylation sites (tertiary alicyclic amines) is 1. The number of hydrogen-bond acceptors (Lipinski definition) is 8. The highest BCUT2D eigenvalue weighted by Gasteiger charge is 2.36. The molecule has 32 heavy (non-hydrogen) atoms. The van der Waals surface area contributed by atoms with Gasteiger partial charge in [0.15, 0.2) is 0 Å². The van der Waals surface area contributed by atoms with E-state index in [0.717, 1.165) is 11.3 Å². The maximum absolute atomic E-state index is 12.8. The van der Waals surface area contributed by atoms with Crippen molar-refractivity contribution in [2.24, 2.45) is 5.73 Å². The molecule has 2 aromatic heterocycles. The van der Waals surface area contributed by atoms with Gasteiger partial charge in [-0.15, -0.1) is 11.3 Å². The summed E-state index contributed by atoms with van der Waals surface area (Å²) in [5, 5.41) is 28.2. The fraction of sp³-hybridized carbons (Fsp3) is 0.211. The Bertz CT molecular complexity index is 1360. The minimum atomic E-state index is -3.99. The van der Waals surface area contributed by atoms with Crippen molar-refractivity contribution in [3.8, 4) is 11.5 Å². The van der Waals surface area contributed by atoms with E-state index in [2.05, 4.69) is 9.71 Å². The molecule has 1 fully saturated rings. The first-order chi connectivity index (χ1) is 15.1. The average molecular weight is 496 g/mol. The number of halogens is 1. The lowest BCUT2D eigenvalue weighted by Crippen LogP contribution is -2.41. The fourth-order valence-corrected chi connectivity index (χ4v) is 6.16. The molecule has 1 aliphatic heterocycles. The van der Waals surface area contributed by atoms with Gasteiger partial charge in [-0.25, -0.2) is 13.4 Å². The predicted molar refractivity (Wildman–Crippen MR) is 120 cm³/mol. The molecule has 0 saturated carbocycles. The second-order valence-electron chi connectivity index (χ2n) is 7.18. The first kappa shape index (κ1) is 22.3. The SMILES string of the molecule is N=C(N)c1ccc(O)c(CN2CC[C@H](NS(=O)(=O)c3cc4nc(Cl)ccc4s3)C2=O)c1O. The van der Waals surface area contributed by atoms with Crippen molar-refractivity contribution in [3.63, 3.8) is 0 Å². The van der Waals surface area contributed by atoms with Gasteiger partial charge in [-0.1, -0.05) is 11.6 Å². The molecule has 3 heterocycles. The monoisotopic (exact) mass is 495 g/mol. The summed E-state index contributed by atoms with van der Waals surface area (Å²) < 4.78 is 28.7. The van der Waals surface area contributed by atoms with E-state index >= 15 is 0 Å². The van der Waals surface area contributed by atoms with Gasteiger partial charge in [0, 0.05) is 6.54 Å². The average Bonchev–Trinajstić information content (AvgIpc) is 3.29. The van der Waals surface area contributed by atoms with Crippen molar-refractivity contribution < 1.29 is 23.4 Å². The number of carbonyl (C=O) groups is 1. The zero-order valence-corrected chi connectivity index (χ0v) is 18.8. The van der Waals surface area contributed by atoms with Crippen molar-refractivity contribution in [2.75, 3.05) is 6.54 Å². The third kappa shape index (κ3) is 4.09. The Kier molecular flexibility index (Phi) is 5.71. The number of sulfonamides is 1. The van der Waals surface area contributed by atoms with Crippen LogP contribution in [0.15, 0.2) is 34.5 Å². The molecule has 4 rings (SSSR count). The van der Waals surface area contributed by atoms with Crippen molar-refractivity contribution >= 4 is 54.9 Å². The molecule has 0 aliphatic carbocycles. The summed E-state index contributed by atoms with van der Waals surface area (Å²) in [6.07, 6.45) is 0.209. The third-order valence-electron chi connectivity index (χ3n) is 5.07. The molecule has 6 N–H and O–H groups in total. The fourth-order valence-electron chi connectivity index (χ4n) is 3.45. The second-order valence-corrected chi connectivity index (χ2v) is 10.6. The lowest BCUT2D eigenvalue weighted by molar-refractivity contribution is -0.129. The molecule has 3 aromatic rings. The molecule has 1 aromatic carbocycles. The molecule has 13 heteroatoms. The number of nitrogens with zero attached hydrogens (tertiary/aromatic N) is 2. The number of amides is 1. The lowest BCUT2D eigenvalue weighted by Gasteiger charge is -2.19. The van der Waals surface area contributed by atoms with Gasteiger partial charge < -0.3 is 20.8 Å². The molecular weight excluding hydrogens is 478 g/mol. The van der Waals surface area contributed by atoms with E-state index in [0.29, 0.717) is 10.2 Å². The van der Waals surface area contributed by atoms with Crippen LogP contribution in [0.3, 0.4) is 0 Å². The number of pyridine rings is 1. The van der Waals surface area contributed by atoms with Gasteiger partial charge in [-0.3, -0.25) is 10.2 Å². The molecule has 0 unspecified atom stereocenters. The smallest absolute Gasteiger partial charge is 0.250 e. The number of phenolic OH excluding ortho intramolecular Hbond substituents is 2. The number of thiophene rings is 1. The summed E-state index contributed by atoms with van der Waals surface area (Å²) >= 11 is 6.87. The Balaban J connectivity index is 1.52. The number of carbonyl (C=O) groups excluding carboxylic acids is 1. The predicted octanol–water partition coefficient (Wildman–Crippen LogP) is 1.72. The summed E-state index contributed by atoms with van der Waals surface area (Å²) in [5.41, 5.74) is 5.93. The molecule has 1 amide bonds. The zero-order chi connectivity index (χ0) is 23.2. The molecule has 0 bridgehead atoms. The Morgan fingerprint density at radius 3 is 2.81 bits per heavy atom. The van der Waals surface area contributed by atoms with Gasteiger partial charge in [0.1, 0.15) is 32.7 Å². The van der Waals surface area contributed by atoms with E-state index < -0.39 is 27.7 Å². The van der Waals surface area contributed by atoms with Crippen LogP contribution < -0.4 is 10.5 Å². The standard InChI is InChI=1S/C19H18ClN5O5S2/c20-15-4-3-14-12(23-15)7-16(31-14)32(29,30)24-11-5-6-25(19(11)28)8-10-13(26)2-1-9(17(10)27)18(21)22/h1-4,7,11,24,26-27H,5-6,8H2,(H3,21,22)/t11-/m0/s1. The van der Waals surface area contributed by atoms with E-state index in [-0.39, 0.29) is 51.6 Å². The Labute approximate surface area is 191 Å². The Hall–Kier alpha value is -2.93. The van der Waals surface area contributed by atoms with E-state index in [4.69, 9.17) is 22.7 Å². The zero-order valence-electron chi connectivity index (χ0n) is 16.4. The van der Waals surface area contributed by atoms with Crippen LogP contribution >= 0.6 is 22.9 Å². The molecule has 1 saturated heterocycles. The molecule has 10 nitrogen and oxygen atoms in total. The highest BCUT2D eigenvalue weighted by atomic mass is 35.5. The molecule has 168 valence electrons. The minimum absolute atomic E-state index is 0.0120. The Morgan fingerprint density at radius 2 is 2.09 bits per heavy atom. The largest absolute Gasteiger partial charge is 0.507 e. The van der Waals surface area contributed by atoms with Crippen molar-refractivity contribution in [3.05, 3.63) is 46.6 Å². The van der Waals surface area contributed by atoms with Gasteiger partial charge in [0.25, 0.3) is 10.0 Å². The summed E-state index contributed by atoms with van der Waals surface area (Å²) in [4.78, 5) is 18.2. The van der Waals surface area contributed by atoms with E-state index in [9.17, 15) is 23.4 Å². The topological polar surface area (TPSA) is 170 Å². The third-order valence-corrected chi connectivity index (χ3v) is 8.32. The minimum Gasteiger partial charge on any atom is -0.507 e.